The van der Waals surface area contributed by atoms with Gasteiger partial charge in [0.05, 0.1) is 20.8 Å². The Bertz CT molecular complexity index is 692. The van der Waals surface area contributed by atoms with Gasteiger partial charge >= 0.3 is 6.03 Å². The zero-order chi connectivity index (χ0) is 18.1. The van der Waals surface area contributed by atoms with Crippen molar-refractivity contribution in [3.8, 4) is 17.2 Å². The topological polar surface area (TPSA) is 68.8 Å². The molecular formula is C18H21ClN2O4. The van der Waals surface area contributed by atoms with E-state index in [1.54, 1.807) is 44.6 Å². The van der Waals surface area contributed by atoms with Gasteiger partial charge in [0.2, 0.25) is 0 Å². The third-order valence-corrected chi connectivity index (χ3v) is 3.62. The van der Waals surface area contributed by atoms with Gasteiger partial charge < -0.3 is 24.8 Å². The van der Waals surface area contributed by atoms with Gasteiger partial charge in [-0.1, -0.05) is 17.7 Å². The molecule has 0 aliphatic rings. The van der Waals surface area contributed by atoms with Crippen LogP contribution in [-0.2, 0) is 6.54 Å². The summed E-state index contributed by atoms with van der Waals surface area (Å²) in [5.74, 6) is 1.98. The smallest absolute Gasteiger partial charge is 0.315 e. The van der Waals surface area contributed by atoms with E-state index in [1.807, 2.05) is 12.1 Å². The Morgan fingerprint density at radius 3 is 2.40 bits per heavy atom. The summed E-state index contributed by atoms with van der Waals surface area (Å²) in [6, 6.07) is 12.3. The lowest BCUT2D eigenvalue weighted by Crippen LogP contribution is -2.37. The standard InChI is InChI=1S/C18H21ClN2O4/c1-23-16-8-3-13(11-17(16)24-2)12-21-18(22)20-9-10-25-15-6-4-14(19)5-7-15/h3-8,11H,9-10,12H2,1-2H3,(H2,20,21,22). The van der Waals surface area contributed by atoms with Gasteiger partial charge in [0.25, 0.3) is 0 Å². The molecule has 0 heterocycles. The van der Waals surface area contributed by atoms with Gasteiger partial charge in [-0.15, -0.1) is 0 Å². The molecule has 2 N–H and O–H groups in total. The Kier molecular flexibility index (Phi) is 7.22. The molecule has 2 aromatic carbocycles. The number of ether oxygens (including phenoxy) is 3. The minimum Gasteiger partial charge on any atom is -0.493 e. The average molecular weight is 365 g/mol. The van der Waals surface area contributed by atoms with Crippen LogP contribution in [0.25, 0.3) is 0 Å². The van der Waals surface area contributed by atoms with Crippen molar-refractivity contribution in [1.82, 2.24) is 10.6 Å². The van der Waals surface area contributed by atoms with Gasteiger partial charge in [0.1, 0.15) is 12.4 Å². The fourth-order valence-corrected chi connectivity index (χ4v) is 2.23. The van der Waals surface area contributed by atoms with Gasteiger partial charge in [0.15, 0.2) is 11.5 Å². The summed E-state index contributed by atoms with van der Waals surface area (Å²) in [6.07, 6.45) is 0. The maximum absolute atomic E-state index is 11.8. The van der Waals surface area contributed by atoms with Crippen LogP contribution in [-0.4, -0.2) is 33.4 Å². The van der Waals surface area contributed by atoms with E-state index in [2.05, 4.69) is 10.6 Å². The Morgan fingerprint density at radius 1 is 1.00 bits per heavy atom. The van der Waals surface area contributed by atoms with E-state index in [-0.39, 0.29) is 6.03 Å². The number of halogens is 1. The quantitative estimate of drug-likeness (QED) is 0.705. The number of rotatable bonds is 8. The van der Waals surface area contributed by atoms with Crippen LogP contribution in [0.3, 0.4) is 0 Å². The predicted molar refractivity (Wildman–Crippen MR) is 96.7 cm³/mol. The normalized spacial score (nSPS) is 10.0. The van der Waals surface area contributed by atoms with Crippen LogP contribution in [0.15, 0.2) is 42.5 Å². The lowest BCUT2D eigenvalue weighted by molar-refractivity contribution is 0.236. The molecule has 0 aliphatic heterocycles. The second kappa shape index (κ2) is 9.64. The molecule has 6 nitrogen and oxygen atoms in total. The zero-order valence-electron chi connectivity index (χ0n) is 14.2. The molecule has 0 aliphatic carbocycles. The molecule has 0 atom stereocenters. The van der Waals surface area contributed by atoms with Crippen LogP contribution in [0.5, 0.6) is 17.2 Å². The fourth-order valence-electron chi connectivity index (χ4n) is 2.10. The minimum absolute atomic E-state index is 0.269. The van der Waals surface area contributed by atoms with E-state index in [9.17, 15) is 4.79 Å². The number of carbonyl (C=O) groups excluding carboxylic acids is 1. The SMILES string of the molecule is COc1ccc(CNC(=O)NCCOc2ccc(Cl)cc2)cc1OC. The zero-order valence-corrected chi connectivity index (χ0v) is 14.9. The van der Waals surface area contributed by atoms with Crippen molar-refractivity contribution in [1.29, 1.82) is 0 Å². The molecule has 0 fully saturated rings. The van der Waals surface area contributed by atoms with Crippen LogP contribution in [0.2, 0.25) is 5.02 Å². The van der Waals surface area contributed by atoms with Crippen molar-refractivity contribution in [3.63, 3.8) is 0 Å². The summed E-state index contributed by atoms with van der Waals surface area (Å²) in [5, 5.41) is 6.16. The van der Waals surface area contributed by atoms with Gasteiger partial charge in [-0.2, -0.15) is 0 Å². The summed E-state index contributed by atoms with van der Waals surface area (Å²) < 4.78 is 15.9. The molecule has 25 heavy (non-hydrogen) atoms. The van der Waals surface area contributed by atoms with E-state index >= 15 is 0 Å². The lowest BCUT2D eigenvalue weighted by atomic mass is 10.2. The molecule has 0 radical (unpaired) electrons. The van der Waals surface area contributed by atoms with Crippen LogP contribution >= 0.6 is 11.6 Å². The van der Waals surface area contributed by atoms with E-state index in [0.717, 1.165) is 5.56 Å². The highest BCUT2D eigenvalue weighted by atomic mass is 35.5. The van der Waals surface area contributed by atoms with Crippen LogP contribution < -0.4 is 24.8 Å². The summed E-state index contributed by atoms with van der Waals surface area (Å²) in [4.78, 5) is 11.8. The van der Waals surface area contributed by atoms with Crippen LogP contribution in [0.1, 0.15) is 5.56 Å². The number of hydrogen-bond acceptors (Lipinski definition) is 4. The maximum atomic E-state index is 11.8. The van der Waals surface area contributed by atoms with E-state index in [0.29, 0.717) is 42.0 Å². The summed E-state index contributed by atoms with van der Waals surface area (Å²) >= 11 is 5.80. The molecule has 2 rings (SSSR count). The molecule has 0 saturated heterocycles. The minimum atomic E-state index is -0.269. The van der Waals surface area contributed by atoms with Crippen molar-refractivity contribution in [2.75, 3.05) is 27.4 Å². The molecule has 0 bridgehead atoms. The monoisotopic (exact) mass is 364 g/mol. The third kappa shape index (κ3) is 6.08. The summed E-state index contributed by atoms with van der Waals surface area (Å²) in [5.41, 5.74) is 0.908. The predicted octanol–water partition coefficient (Wildman–Crippen LogP) is 3.24. The van der Waals surface area contributed by atoms with E-state index in [1.165, 1.54) is 0 Å². The van der Waals surface area contributed by atoms with E-state index in [4.69, 9.17) is 25.8 Å². The van der Waals surface area contributed by atoms with Gasteiger partial charge in [-0.3, -0.25) is 0 Å². The number of nitrogens with one attached hydrogen (secondary N) is 2. The molecule has 2 amide bonds. The summed E-state index contributed by atoms with van der Waals surface area (Å²) in [6.45, 7) is 1.13. The van der Waals surface area contributed by atoms with Crippen LogP contribution in [0, 0.1) is 0 Å². The Morgan fingerprint density at radius 2 is 1.72 bits per heavy atom. The second-order valence-electron chi connectivity index (χ2n) is 5.10. The first kappa shape index (κ1) is 18.7. The number of methoxy groups -OCH3 is 2. The van der Waals surface area contributed by atoms with Crippen molar-refractivity contribution >= 4 is 17.6 Å². The molecule has 0 aromatic heterocycles. The van der Waals surface area contributed by atoms with E-state index < -0.39 is 0 Å². The molecule has 7 heteroatoms. The lowest BCUT2D eigenvalue weighted by Gasteiger charge is -2.11. The molecule has 0 unspecified atom stereocenters. The third-order valence-electron chi connectivity index (χ3n) is 3.37. The highest BCUT2D eigenvalue weighted by Crippen LogP contribution is 2.27. The molecule has 2 aromatic rings. The molecular weight excluding hydrogens is 344 g/mol. The first-order valence-electron chi connectivity index (χ1n) is 7.73. The second-order valence-corrected chi connectivity index (χ2v) is 5.54. The largest absolute Gasteiger partial charge is 0.493 e. The number of hydrogen-bond donors (Lipinski definition) is 2. The Balaban J connectivity index is 1.69. The van der Waals surface area contributed by atoms with Crippen molar-refractivity contribution in [2.45, 2.75) is 6.54 Å². The maximum Gasteiger partial charge on any atom is 0.315 e. The number of urea groups is 1. The highest BCUT2D eigenvalue weighted by molar-refractivity contribution is 6.30. The van der Waals surface area contributed by atoms with Gasteiger partial charge in [-0.25, -0.2) is 4.79 Å². The molecule has 0 spiro atoms. The first-order valence-corrected chi connectivity index (χ1v) is 8.11. The Hall–Kier alpha value is -2.60. The highest BCUT2D eigenvalue weighted by Gasteiger charge is 2.06. The Labute approximate surface area is 152 Å². The number of amides is 2. The van der Waals surface area contributed by atoms with Gasteiger partial charge in [0, 0.05) is 11.6 Å². The number of benzene rings is 2. The summed E-state index contributed by atoms with van der Waals surface area (Å²) in [7, 11) is 3.15. The fraction of sp³-hybridized carbons (Fsp3) is 0.278. The van der Waals surface area contributed by atoms with Crippen molar-refractivity contribution in [3.05, 3.63) is 53.1 Å². The number of carbonyl (C=O) groups is 1. The molecule has 0 saturated carbocycles. The van der Waals surface area contributed by atoms with Gasteiger partial charge in [-0.05, 0) is 42.0 Å². The van der Waals surface area contributed by atoms with Crippen molar-refractivity contribution in [2.24, 2.45) is 0 Å². The first-order chi connectivity index (χ1) is 12.1. The molecule has 134 valence electrons. The van der Waals surface area contributed by atoms with Crippen molar-refractivity contribution < 1.29 is 19.0 Å². The van der Waals surface area contributed by atoms with Crippen LogP contribution in [0.4, 0.5) is 4.79 Å². The average Bonchev–Trinajstić information content (AvgIpc) is 2.64.